The molecular weight excluding hydrogens is 326 g/mol. The SMILES string of the molecule is Cc1ccc(-n2nccc2OCC[N]c2ncnc(C)c2Cl)cc1. The summed E-state index contributed by atoms with van der Waals surface area (Å²) in [4.78, 5) is 8.08. The molecule has 0 saturated heterocycles. The molecule has 0 aliphatic heterocycles. The van der Waals surface area contributed by atoms with Crippen LogP contribution in [0.15, 0.2) is 42.9 Å². The predicted molar refractivity (Wildman–Crippen MR) is 92.2 cm³/mol. The summed E-state index contributed by atoms with van der Waals surface area (Å²) in [5.41, 5.74) is 2.86. The van der Waals surface area contributed by atoms with Crippen molar-refractivity contribution in [3.05, 3.63) is 59.1 Å². The third-order valence-electron chi connectivity index (χ3n) is 3.43. The van der Waals surface area contributed by atoms with Gasteiger partial charge in [0.25, 0.3) is 0 Å². The van der Waals surface area contributed by atoms with Gasteiger partial charge in [-0.3, -0.25) is 5.32 Å². The van der Waals surface area contributed by atoms with Gasteiger partial charge in [0.15, 0.2) is 5.82 Å². The van der Waals surface area contributed by atoms with Crippen molar-refractivity contribution in [2.75, 3.05) is 13.2 Å². The van der Waals surface area contributed by atoms with Crippen molar-refractivity contribution in [2.24, 2.45) is 0 Å². The van der Waals surface area contributed by atoms with Gasteiger partial charge < -0.3 is 4.74 Å². The molecule has 1 radical (unpaired) electrons. The van der Waals surface area contributed by atoms with Gasteiger partial charge in [0.1, 0.15) is 18.0 Å². The quantitative estimate of drug-likeness (QED) is 0.645. The molecule has 0 saturated carbocycles. The summed E-state index contributed by atoms with van der Waals surface area (Å²) in [5.74, 6) is 1.15. The zero-order valence-corrected chi connectivity index (χ0v) is 14.2. The van der Waals surface area contributed by atoms with Crippen LogP contribution in [0.4, 0.5) is 5.82 Å². The Bertz CT molecular complexity index is 816. The topological polar surface area (TPSA) is 66.9 Å². The predicted octanol–water partition coefficient (Wildman–Crippen LogP) is 3.25. The molecule has 2 aromatic heterocycles. The number of rotatable bonds is 6. The first-order valence-corrected chi connectivity index (χ1v) is 7.91. The van der Waals surface area contributed by atoms with Crippen LogP contribution in [0.2, 0.25) is 5.02 Å². The molecule has 3 rings (SSSR count). The molecule has 0 spiro atoms. The van der Waals surface area contributed by atoms with Crippen molar-refractivity contribution < 1.29 is 4.74 Å². The zero-order chi connectivity index (χ0) is 16.9. The first-order chi connectivity index (χ1) is 11.6. The van der Waals surface area contributed by atoms with E-state index in [1.165, 1.54) is 11.9 Å². The van der Waals surface area contributed by atoms with E-state index in [0.29, 0.717) is 35.6 Å². The molecule has 1 aromatic carbocycles. The average molecular weight is 343 g/mol. The summed E-state index contributed by atoms with van der Waals surface area (Å²) >= 11 is 6.12. The van der Waals surface area contributed by atoms with Gasteiger partial charge in [-0.05, 0) is 26.0 Å². The highest BCUT2D eigenvalue weighted by Gasteiger charge is 2.08. The Hall–Kier alpha value is -2.60. The van der Waals surface area contributed by atoms with Gasteiger partial charge in [-0.15, -0.1) is 0 Å². The normalized spacial score (nSPS) is 10.6. The van der Waals surface area contributed by atoms with E-state index in [2.05, 4.69) is 20.4 Å². The molecule has 0 N–H and O–H groups in total. The summed E-state index contributed by atoms with van der Waals surface area (Å²) < 4.78 is 7.53. The number of hydrogen-bond donors (Lipinski definition) is 0. The van der Waals surface area contributed by atoms with Gasteiger partial charge in [0.05, 0.1) is 24.1 Å². The van der Waals surface area contributed by atoms with Crippen LogP contribution in [0.3, 0.4) is 0 Å². The van der Waals surface area contributed by atoms with E-state index < -0.39 is 0 Å². The molecule has 0 bridgehead atoms. The van der Waals surface area contributed by atoms with E-state index in [0.717, 1.165) is 5.69 Å². The van der Waals surface area contributed by atoms with Gasteiger partial charge >= 0.3 is 0 Å². The molecule has 123 valence electrons. The Kier molecular flexibility index (Phi) is 4.96. The highest BCUT2D eigenvalue weighted by atomic mass is 35.5. The highest BCUT2D eigenvalue weighted by molar-refractivity contribution is 6.33. The lowest BCUT2D eigenvalue weighted by atomic mass is 10.2. The van der Waals surface area contributed by atoms with Crippen molar-refractivity contribution in [1.82, 2.24) is 25.1 Å². The van der Waals surface area contributed by atoms with Crippen LogP contribution in [-0.2, 0) is 0 Å². The molecular formula is C17H17ClN5O. The van der Waals surface area contributed by atoms with Crippen molar-refractivity contribution in [2.45, 2.75) is 13.8 Å². The molecule has 2 heterocycles. The van der Waals surface area contributed by atoms with E-state index in [-0.39, 0.29) is 0 Å². The van der Waals surface area contributed by atoms with E-state index in [1.807, 2.05) is 44.2 Å². The van der Waals surface area contributed by atoms with Crippen molar-refractivity contribution in [1.29, 1.82) is 0 Å². The van der Waals surface area contributed by atoms with Gasteiger partial charge in [-0.25, -0.2) is 14.6 Å². The molecule has 0 amide bonds. The molecule has 7 heteroatoms. The third kappa shape index (κ3) is 3.65. The molecule has 6 nitrogen and oxygen atoms in total. The second kappa shape index (κ2) is 7.31. The summed E-state index contributed by atoms with van der Waals surface area (Å²) in [6, 6.07) is 9.90. The van der Waals surface area contributed by atoms with Crippen molar-refractivity contribution in [3.8, 4) is 11.6 Å². The maximum absolute atomic E-state index is 6.12. The van der Waals surface area contributed by atoms with Gasteiger partial charge in [-0.1, -0.05) is 29.3 Å². The van der Waals surface area contributed by atoms with Crippen LogP contribution in [0.25, 0.3) is 5.69 Å². The second-order valence-electron chi connectivity index (χ2n) is 5.24. The lowest BCUT2D eigenvalue weighted by molar-refractivity contribution is 0.298. The molecule has 0 unspecified atom stereocenters. The maximum Gasteiger partial charge on any atom is 0.216 e. The Morgan fingerprint density at radius 3 is 2.71 bits per heavy atom. The first-order valence-electron chi connectivity index (χ1n) is 7.53. The third-order valence-corrected chi connectivity index (χ3v) is 3.88. The van der Waals surface area contributed by atoms with Crippen molar-refractivity contribution >= 4 is 17.4 Å². The summed E-state index contributed by atoms with van der Waals surface area (Å²) in [5, 5.41) is 9.11. The Balaban J connectivity index is 1.59. The average Bonchev–Trinajstić information content (AvgIpc) is 3.04. The molecule has 0 aliphatic carbocycles. The Morgan fingerprint density at radius 2 is 1.92 bits per heavy atom. The fraction of sp³-hybridized carbons (Fsp3) is 0.235. The van der Waals surface area contributed by atoms with Crippen molar-refractivity contribution in [3.63, 3.8) is 0 Å². The fourth-order valence-electron chi connectivity index (χ4n) is 2.14. The maximum atomic E-state index is 6.12. The zero-order valence-electron chi connectivity index (χ0n) is 13.5. The minimum absolute atomic E-state index is 0.400. The van der Waals surface area contributed by atoms with E-state index >= 15 is 0 Å². The number of hydrogen-bond acceptors (Lipinski definition) is 4. The van der Waals surface area contributed by atoms with E-state index in [4.69, 9.17) is 16.3 Å². The monoisotopic (exact) mass is 342 g/mol. The largest absolute Gasteiger partial charge is 0.476 e. The minimum Gasteiger partial charge on any atom is -0.476 e. The van der Waals surface area contributed by atoms with Crippen LogP contribution >= 0.6 is 11.6 Å². The number of aromatic nitrogens is 4. The van der Waals surface area contributed by atoms with Gasteiger partial charge in [-0.2, -0.15) is 5.10 Å². The molecule has 3 aromatic rings. The fourth-order valence-corrected chi connectivity index (χ4v) is 2.30. The number of halogens is 1. The summed E-state index contributed by atoms with van der Waals surface area (Å²) in [6.45, 7) is 4.71. The minimum atomic E-state index is 0.400. The van der Waals surface area contributed by atoms with E-state index in [9.17, 15) is 0 Å². The van der Waals surface area contributed by atoms with E-state index in [1.54, 1.807) is 10.9 Å². The molecule has 0 fully saturated rings. The number of aryl methyl sites for hydroxylation is 2. The number of ether oxygens (including phenoxy) is 1. The first kappa shape index (κ1) is 16.3. The van der Waals surface area contributed by atoms with Gasteiger partial charge in [0.2, 0.25) is 5.88 Å². The Morgan fingerprint density at radius 1 is 1.12 bits per heavy atom. The number of benzene rings is 1. The number of nitrogens with zero attached hydrogens (tertiary/aromatic N) is 5. The summed E-state index contributed by atoms with van der Waals surface area (Å²) in [6.07, 6.45) is 3.16. The molecule has 24 heavy (non-hydrogen) atoms. The lowest BCUT2D eigenvalue weighted by Crippen LogP contribution is -2.14. The molecule has 0 aliphatic rings. The van der Waals surface area contributed by atoms with Crippen LogP contribution in [0, 0.1) is 13.8 Å². The summed E-state index contributed by atoms with van der Waals surface area (Å²) in [7, 11) is 0. The van der Waals surface area contributed by atoms with Crippen LogP contribution in [0.5, 0.6) is 5.88 Å². The van der Waals surface area contributed by atoms with Crippen LogP contribution < -0.4 is 10.1 Å². The standard InChI is InChI=1S/C17H17ClN5O/c1-12-3-5-14(6-4-12)23-15(7-8-22-23)24-10-9-19-17-16(18)13(2)20-11-21-17/h3-8,11H,9-10H2,1-2H3. The highest BCUT2D eigenvalue weighted by Crippen LogP contribution is 2.21. The van der Waals surface area contributed by atoms with Crippen LogP contribution in [0.1, 0.15) is 11.3 Å². The Labute approximate surface area is 145 Å². The smallest absolute Gasteiger partial charge is 0.216 e. The van der Waals surface area contributed by atoms with Crippen LogP contribution in [-0.4, -0.2) is 32.9 Å². The second-order valence-corrected chi connectivity index (χ2v) is 5.62. The van der Waals surface area contributed by atoms with Gasteiger partial charge in [0, 0.05) is 6.07 Å². The lowest BCUT2D eigenvalue weighted by Gasteiger charge is -2.10. The molecule has 0 atom stereocenters.